The van der Waals surface area contributed by atoms with E-state index in [4.69, 9.17) is 4.74 Å². The Bertz CT molecular complexity index is 917. The molecule has 0 spiro atoms. The number of ether oxygens (including phenoxy) is 1. The van der Waals surface area contributed by atoms with E-state index >= 15 is 4.39 Å². The molecule has 0 amide bonds. The van der Waals surface area contributed by atoms with E-state index in [0.717, 1.165) is 48.0 Å². The summed E-state index contributed by atoms with van der Waals surface area (Å²) in [5.74, 6) is -3.74. The SMILES string of the molecule is Fc1cc([S+](c2ccccc2)c2ccccc2)c(F)c(F)c1OC1CCCCC1. The average Bonchev–Trinajstić information content (AvgIpc) is 2.77. The van der Waals surface area contributed by atoms with Gasteiger partial charge in [-0.3, -0.25) is 0 Å². The number of rotatable bonds is 5. The van der Waals surface area contributed by atoms with Gasteiger partial charge in [-0.2, -0.15) is 8.78 Å². The van der Waals surface area contributed by atoms with Gasteiger partial charge in [-0.15, -0.1) is 0 Å². The summed E-state index contributed by atoms with van der Waals surface area (Å²) in [5, 5.41) is 0. The number of hydrogen-bond donors (Lipinski definition) is 0. The maximum atomic E-state index is 15.2. The van der Waals surface area contributed by atoms with Crippen LogP contribution < -0.4 is 4.74 Å². The van der Waals surface area contributed by atoms with Crippen LogP contribution in [0.4, 0.5) is 13.2 Å². The molecular weight excluding hydrogens is 393 g/mol. The third kappa shape index (κ3) is 4.30. The maximum Gasteiger partial charge on any atom is 0.218 e. The zero-order chi connectivity index (χ0) is 20.2. The van der Waals surface area contributed by atoms with Gasteiger partial charge in [0.25, 0.3) is 0 Å². The zero-order valence-corrected chi connectivity index (χ0v) is 16.7. The van der Waals surface area contributed by atoms with E-state index in [1.807, 2.05) is 60.7 Å². The molecule has 3 aromatic carbocycles. The summed E-state index contributed by atoms with van der Waals surface area (Å²) >= 11 is 0. The summed E-state index contributed by atoms with van der Waals surface area (Å²) in [5.41, 5.74) is 0. The second-order valence-electron chi connectivity index (χ2n) is 7.12. The molecule has 0 aliphatic heterocycles. The highest BCUT2D eigenvalue weighted by molar-refractivity contribution is 7.97. The fraction of sp³-hybridized carbons (Fsp3) is 0.250. The Morgan fingerprint density at radius 1 is 0.724 bits per heavy atom. The second-order valence-corrected chi connectivity index (χ2v) is 9.12. The van der Waals surface area contributed by atoms with Gasteiger partial charge in [0.1, 0.15) is 10.9 Å². The van der Waals surface area contributed by atoms with E-state index in [-0.39, 0.29) is 11.0 Å². The highest BCUT2D eigenvalue weighted by Crippen LogP contribution is 2.38. The van der Waals surface area contributed by atoms with Gasteiger partial charge in [-0.05, 0) is 49.9 Å². The molecule has 1 fully saturated rings. The van der Waals surface area contributed by atoms with Crippen molar-refractivity contribution < 1.29 is 17.9 Å². The first-order valence-corrected chi connectivity index (χ1v) is 11.1. The van der Waals surface area contributed by atoms with Crippen LogP contribution in [0.2, 0.25) is 0 Å². The Balaban J connectivity index is 1.77. The molecule has 4 rings (SSSR count). The van der Waals surface area contributed by atoms with Gasteiger partial charge in [0.15, 0.2) is 21.4 Å². The highest BCUT2D eigenvalue weighted by Gasteiger charge is 2.36. The average molecular weight is 416 g/mol. The minimum absolute atomic E-state index is 0.00612. The molecule has 0 bridgehead atoms. The van der Waals surface area contributed by atoms with Crippen LogP contribution in [-0.2, 0) is 10.9 Å². The Morgan fingerprint density at radius 3 is 1.83 bits per heavy atom. The molecule has 0 heterocycles. The van der Waals surface area contributed by atoms with Gasteiger partial charge in [0.05, 0.1) is 6.10 Å². The van der Waals surface area contributed by atoms with Crippen molar-refractivity contribution in [1.82, 2.24) is 0 Å². The summed E-state index contributed by atoms with van der Waals surface area (Å²) in [4.78, 5) is 1.57. The summed E-state index contributed by atoms with van der Waals surface area (Å²) in [7, 11) is -0.972. The molecule has 0 atom stereocenters. The molecule has 1 saturated carbocycles. The van der Waals surface area contributed by atoms with Crippen LogP contribution in [0.1, 0.15) is 32.1 Å². The molecule has 5 heteroatoms. The van der Waals surface area contributed by atoms with Crippen LogP contribution in [-0.4, -0.2) is 6.10 Å². The van der Waals surface area contributed by atoms with Crippen LogP contribution >= 0.6 is 0 Å². The molecule has 150 valence electrons. The summed E-state index contributed by atoms with van der Waals surface area (Å²) < 4.78 is 50.6. The van der Waals surface area contributed by atoms with E-state index < -0.39 is 34.1 Å². The molecule has 0 saturated heterocycles. The van der Waals surface area contributed by atoms with E-state index in [1.54, 1.807) is 0 Å². The Morgan fingerprint density at radius 2 is 1.28 bits per heavy atom. The zero-order valence-electron chi connectivity index (χ0n) is 15.9. The first-order chi connectivity index (χ1) is 14.1. The molecule has 1 nitrogen and oxygen atoms in total. The number of hydrogen-bond acceptors (Lipinski definition) is 1. The Hall–Kier alpha value is -2.40. The van der Waals surface area contributed by atoms with Crippen molar-refractivity contribution in [1.29, 1.82) is 0 Å². The van der Waals surface area contributed by atoms with Gasteiger partial charge in [-0.25, -0.2) is 4.39 Å². The predicted molar refractivity (Wildman–Crippen MR) is 109 cm³/mol. The first kappa shape index (κ1) is 19.9. The lowest BCUT2D eigenvalue weighted by molar-refractivity contribution is 0.140. The smallest absolute Gasteiger partial charge is 0.218 e. The van der Waals surface area contributed by atoms with Crippen molar-refractivity contribution in [2.75, 3.05) is 0 Å². The third-order valence-electron chi connectivity index (χ3n) is 5.10. The van der Waals surface area contributed by atoms with Gasteiger partial charge < -0.3 is 4.74 Å². The fourth-order valence-electron chi connectivity index (χ4n) is 3.67. The molecular formula is C24H22F3OS+. The summed E-state index contributed by atoms with van der Waals surface area (Å²) in [6.45, 7) is 0. The maximum absolute atomic E-state index is 15.2. The van der Waals surface area contributed by atoms with E-state index in [1.165, 1.54) is 0 Å². The number of benzene rings is 3. The van der Waals surface area contributed by atoms with Crippen molar-refractivity contribution in [3.8, 4) is 5.75 Å². The van der Waals surface area contributed by atoms with Gasteiger partial charge >= 0.3 is 0 Å². The molecule has 3 aromatic rings. The molecule has 1 aliphatic carbocycles. The molecule has 1 aliphatic rings. The summed E-state index contributed by atoms with van der Waals surface area (Å²) in [6, 6.07) is 19.5. The van der Waals surface area contributed by atoms with Crippen molar-refractivity contribution in [3.63, 3.8) is 0 Å². The lowest BCUT2D eigenvalue weighted by atomic mass is 9.98. The molecule has 0 radical (unpaired) electrons. The minimum Gasteiger partial charge on any atom is -0.484 e. The van der Waals surface area contributed by atoms with E-state index in [9.17, 15) is 8.78 Å². The highest BCUT2D eigenvalue weighted by atomic mass is 32.2. The predicted octanol–water partition coefficient (Wildman–Crippen LogP) is 6.91. The largest absolute Gasteiger partial charge is 0.484 e. The topological polar surface area (TPSA) is 9.23 Å². The third-order valence-corrected chi connectivity index (χ3v) is 7.32. The van der Waals surface area contributed by atoms with Crippen LogP contribution in [0.3, 0.4) is 0 Å². The Kier molecular flexibility index (Phi) is 6.14. The quantitative estimate of drug-likeness (QED) is 0.325. The van der Waals surface area contributed by atoms with Gasteiger partial charge in [0, 0.05) is 6.07 Å². The standard InChI is InChI=1S/C24H22F3OS/c25-20-16-21(22(26)23(27)24(20)28-17-10-4-1-5-11-17)29(18-12-6-2-7-13-18)19-14-8-3-9-15-19/h2-3,6-9,12-17H,1,4-5,10-11H2/q+1. The molecule has 29 heavy (non-hydrogen) atoms. The molecule has 0 unspecified atom stereocenters. The van der Waals surface area contributed by atoms with Crippen molar-refractivity contribution >= 4 is 10.9 Å². The normalized spacial score (nSPS) is 14.9. The van der Waals surface area contributed by atoms with Crippen LogP contribution in [0.25, 0.3) is 0 Å². The minimum atomic E-state index is -1.24. The lowest BCUT2D eigenvalue weighted by Gasteiger charge is -2.23. The molecule has 0 N–H and O–H groups in total. The Labute approximate surface area is 171 Å². The van der Waals surface area contributed by atoms with Crippen LogP contribution in [0, 0.1) is 17.5 Å². The first-order valence-electron chi connectivity index (χ1n) is 9.83. The van der Waals surface area contributed by atoms with E-state index in [0.29, 0.717) is 0 Å². The lowest BCUT2D eigenvalue weighted by Crippen LogP contribution is -2.21. The van der Waals surface area contributed by atoms with Gasteiger partial charge in [-0.1, -0.05) is 42.8 Å². The van der Waals surface area contributed by atoms with Crippen LogP contribution in [0.5, 0.6) is 5.75 Å². The fourth-order valence-corrected chi connectivity index (χ4v) is 5.79. The summed E-state index contributed by atoms with van der Waals surface area (Å²) in [6.07, 6.45) is 4.22. The van der Waals surface area contributed by atoms with Crippen molar-refractivity contribution in [2.45, 2.75) is 52.9 Å². The monoisotopic (exact) mass is 415 g/mol. The molecule has 0 aromatic heterocycles. The van der Waals surface area contributed by atoms with Crippen molar-refractivity contribution in [2.24, 2.45) is 0 Å². The second kappa shape index (κ2) is 8.95. The van der Waals surface area contributed by atoms with E-state index in [2.05, 4.69) is 0 Å². The van der Waals surface area contributed by atoms with Crippen molar-refractivity contribution in [3.05, 3.63) is 84.2 Å². The van der Waals surface area contributed by atoms with Crippen LogP contribution in [0.15, 0.2) is 81.4 Å². The number of halogens is 3. The van der Waals surface area contributed by atoms with Gasteiger partial charge in [0.2, 0.25) is 16.5 Å².